The molecule has 1 amide bonds. The van der Waals surface area contributed by atoms with Gasteiger partial charge in [0, 0.05) is 12.1 Å². The van der Waals surface area contributed by atoms with Crippen molar-refractivity contribution in [2.45, 2.75) is 6.54 Å². The average molecular weight is 379 g/mol. The summed E-state index contributed by atoms with van der Waals surface area (Å²) in [5.74, 6) is 1.67. The second-order valence-electron chi connectivity index (χ2n) is 5.88. The molecule has 0 fully saturated rings. The van der Waals surface area contributed by atoms with Crippen molar-refractivity contribution >= 4 is 16.9 Å². The molecule has 142 valence electrons. The van der Waals surface area contributed by atoms with Crippen LogP contribution in [0.2, 0.25) is 0 Å². The predicted octanol–water partition coefficient (Wildman–Crippen LogP) is 1.24. The van der Waals surface area contributed by atoms with Crippen LogP contribution in [0.15, 0.2) is 48.8 Å². The first-order chi connectivity index (χ1) is 13.7. The molecule has 2 N–H and O–H groups in total. The number of aromatic nitrogens is 6. The maximum Gasteiger partial charge on any atom is 0.258 e. The zero-order chi connectivity index (χ0) is 19.3. The SMILES string of the molecule is COc1ccc2nc(CNC(=O)COc3cccc(-n4cnnn4)c3)[nH]c2c1. The molecule has 2 aromatic carbocycles. The van der Waals surface area contributed by atoms with Crippen LogP contribution in [0.4, 0.5) is 0 Å². The van der Waals surface area contributed by atoms with E-state index in [2.05, 4.69) is 30.8 Å². The number of nitrogens with zero attached hydrogens (tertiary/aromatic N) is 5. The molecule has 0 aliphatic heterocycles. The van der Waals surface area contributed by atoms with E-state index in [1.165, 1.54) is 11.0 Å². The normalized spacial score (nSPS) is 10.8. The Bertz CT molecular complexity index is 1090. The predicted molar refractivity (Wildman–Crippen MR) is 99.1 cm³/mol. The molecule has 0 bridgehead atoms. The summed E-state index contributed by atoms with van der Waals surface area (Å²) in [5.41, 5.74) is 2.39. The van der Waals surface area contributed by atoms with Crippen molar-refractivity contribution in [3.8, 4) is 17.2 Å². The lowest BCUT2D eigenvalue weighted by Crippen LogP contribution is -2.28. The molecule has 4 aromatic rings. The van der Waals surface area contributed by atoms with E-state index in [1.54, 1.807) is 25.3 Å². The van der Waals surface area contributed by atoms with E-state index in [1.807, 2.05) is 24.3 Å². The van der Waals surface area contributed by atoms with Crippen LogP contribution in [-0.2, 0) is 11.3 Å². The summed E-state index contributed by atoms with van der Waals surface area (Å²) in [6.45, 7) is 0.150. The summed E-state index contributed by atoms with van der Waals surface area (Å²) in [6.07, 6.45) is 1.48. The van der Waals surface area contributed by atoms with Crippen LogP contribution in [0, 0.1) is 0 Å². The second-order valence-corrected chi connectivity index (χ2v) is 5.88. The number of rotatable bonds is 7. The van der Waals surface area contributed by atoms with Gasteiger partial charge in [-0.15, -0.1) is 5.10 Å². The first-order valence-corrected chi connectivity index (χ1v) is 8.47. The molecule has 0 atom stereocenters. The van der Waals surface area contributed by atoms with Gasteiger partial charge in [0.2, 0.25) is 0 Å². The first-order valence-electron chi connectivity index (χ1n) is 8.47. The maximum absolute atomic E-state index is 12.1. The van der Waals surface area contributed by atoms with Gasteiger partial charge in [0.15, 0.2) is 6.61 Å². The number of carbonyl (C=O) groups excluding carboxylic acids is 1. The van der Waals surface area contributed by atoms with Crippen LogP contribution in [0.3, 0.4) is 0 Å². The number of benzene rings is 2. The van der Waals surface area contributed by atoms with E-state index in [4.69, 9.17) is 9.47 Å². The zero-order valence-corrected chi connectivity index (χ0v) is 15.0. The quantitative estimate of drug-likeness (QED) is 0.496. The van der Waals surface area contributed by atoms with Gasteiger partial charge in [-0.25, -0.2) is 9.67 Å². The number of carbonyl (C=O) groups is 1. The molecule has 10 heteroatoms. The van der Waals surface area contributed by atoms with Gasteiger partial charge in [0.25, 0.3) is 5.91 Å². The van der Waals surface area contributed by atoms with E-state index in [-0.39, 0.29) is 19.1 Å². The molecule has 10 nitrogen and oxygen atoms in total. The Hall–Kier alpha value is -3.95. The lowest BCUT2D eigenvalue weighted by Gasteiger charge is -2.08. The molecule has 0 saturated heterocycles. The summed E-state index contributed by atoms with van der Waals surface area (Å²) < 4.78 is 12.2. The van der Waals surface area contributed by atoms with E-state index >= 15 is 0 Å². The number of ether oxygens (including phenoxy) is 2. The molecular weight excluding hydrogens is 362 g/mol. The van der Waals surface area contributed by atoms with Crippen LogP contribution >= 0.6 is 0 Å². The van der Waals surface area contributed by atoms with Crippen LogP contribution in [0.5, 0.6) is 11.5 Å². The zero-order valence-electron chi connectivity index (χ0n) is 15.0. The Morgan fingerprint density at radius 2 is 2.14 bits per heavy atom. The van der Waals surface area contributed by atoms with Gasteiger partial charge < -0.3 is 19.8 Å². The number of amides is 1. The number of hydrogen-bond donors (Lipinski definition) is 2. The maximum atomic E-state index is 12.1. The molecule has 2 heterocycles. The standard InChI is InChI=1S/C18H17N7O3/c1-27-13-5-6-15-16(8-13)22-17(21-15)9-19-18(26)10-28-14-4-2-3-12(7-14)25-11-20-23-24-25/h2-8,11H,9-10H2,1H3,(H,19,26)(H,21,22). The summed E-state index contributed by atoms with van der Waals surface area (Å²) in [4.78, 5) is 19.7. The molecule has 0 aliphatic rings. The van der Waals surface area contributed by atoms with Gasteiger partial charge in [-0.2, -0.15) is 0 Å². The van der Waals surface area contributed by atoms with Gasteiger partial charge in [0.1, 0.15) is 23.7 Å². The number of H-pyrrole nitrogens is 1. The van der Waals surface area contributed by atoms with Crippen LogP contribution in [-0.4, -0.2) is 49.8 Å². The van der Waals surface area contributed by atoms with Gasteiger partial charge in [0.05, 0.1) is 30.4 Å². The minimum atomic E-state index is -0.258. The minimum Gasteiger partial charge on any atom is -0.497 e. The van der Waals surface area contributed by atoms with Crippen molar-refractivity contribution in [1.82, 2.24) is 35.5 Å². The smallest absolute Gasteiger partial charge is 0.258 e. The lowest BCUT2D eigenvalue weighted by molar-refractivity contribution is -0.123. The molecule has 0 aliphatic carbocycles. The molecule has 4 rings (SSSR count). The average Bonchev–Trinajstić information content (AvgIpc) is 3.40. The van der Waals surface area contributed by atoms with E-state index in [0.717, 1.165) is 22.5 Å². The monoisotopic (exact) mass is 379 g/mol. The number of hydrogen-bond acceptors (Lipinski definition) is 7. The Labute approximate surface area is 159 Å². The number of methoxy groups -OCH3 is 1. The van der Waals surface area contributed by atoms with Crippen LogP contribution < -0.4 is 14.8 Å². The van der Waals surface area contributed by atoms with E-state index < -0.39 is 0 Å². The number of fused-ring (bicyclic) bond motifs is 1. The highest BCUT2D eigenvalue weighted by atomic mass is 16.5. The van der Waals surface area contributed by atoms with Gasteiger partial charge in [-0.05, 0) is 34.7 Å². The minimum absolute atomic E-state index is 0.118. The number of imidazole rings is 1. The van der Waals surface area contributed by atoms with Crippen LogP contribution in [0.25, 0.3) is 16.7 Å². The molecule has 0 saturated carbocycles. The highest BCUT2D eigenvalue weighted by Crippen LogP contribution is 2.18. The van der Waals surface area contributed by atoms with Crippen molar-refractivity contribution in [3.63, 3.8) is 0 Å². The highest BCUT2D eigenvalue weighted by Gasteiger charge is 2.08. The number of nitrogens with one attached hydrogen (secondary N) is 2. The Morgan fingerprint density at radius 3 is 2.96 bits per heavy atom. The van der Waals surface area contributed by atoms with E-state index in [0.29, 0.717) is 11.6 Å². The largest absolute Gasteiger partial charge is 0.497 e. The first kappa shape index (κ1) is 17.5. The Kier molecular flexibility index (Phi) is 4.83. The summed E-state index contributed by atoms with van der Waals surface area (Å²) in [7, 11) is 1.61. The molecule has 0 unspecified atom stereocenters. The van der Waals surface area contributed by atoms with Gasteiger partial charge >= 0.3 is 0 Å². The van der Waals surface area contributed by atoms with Gasteiger partial charge in [-0.1, -0.05) is 6.07 Å². The third-order valence-electron chi connectivity index (χ3n) is 3.99. The molecule has 28 heavy (non-hydrogen) atoms. The van der Waals surface area contributed by atoms with Crippen molar-refractivity contribution in [3.05, 3.63) is 54.6 Å². The fourth-order valence-electron chi connectivity index (χ4n) is 2.63. The van der Waals surface area contributed by atoms with E-state index in [9.17, 15) is 4.79 Å². The highest BCUT2D eigenvalue weighted by molar-refractivity contribution is 5.78. The second kappa shape index (κ2) is 7.74. The molecular formula is C18H17N7O3. The Morgan fingerprint density at radius 1 is 1.21 bits per heavy atom. The van der Waals surface area contributed by atoms with Crippen molar-refractivity contribution in [2.24, 2.45) is 0 Å². The molecule has 0 radical (unpaired) electrons. The number of aromatic amines is 1. The van der Waals surface area contributed by atoms with Crippen molar-refractivity contribution in [1.29, 1.82) is 0 Å². The lowest BCUT2D eigenvalue weighted by atomic mass is 10.3. The summed E-state index contributed by atoms with van der Waals surface area (Å²) in [6, 6.07) is 12.7. The van der Waals surface area contributed by atoms with Crippen LogP contribution in [0.1, 0.15) is 5.82 Å². The fourth-order valence-corrected chi connectivity index (χ4v) is 2.63. The third-order valence-corrected chi connectivity index (χ3v) is 3.99. The fraction of sp³-hybridized carbons (Fsp3) is 0.167. The third kappa shape index (κ3) is 3.90. The van der Waals surface area contributed by atoms with Crippen molar-refractivity contribution < 1.29 is 14.3 Å². The van der Waals surface area contributed by atoms with Crippen molar-refractivity contribution in [2.75, 3.05) is 13.7 Å². The number of tetrazole rings is 1. The Balaban J connectivity index is 1.32. The molecule has 2 aromatic heterocycles. The summed E-state index contributed by atoms with van der Waals surface area (Å²) >= 11 is 0. The molecule has 0 spiro atoms. The van der Waals surface area contributed by atoms with Gasteiger partial charge in [-0.3, -0.25) is 4.79 Å². The topological polar surface area (TPSA) is 120 Å². The summed E-state index contributed by atoms with van der Waals surface area (Å²) in [5, 5.41) is 13.8.